The fraction of sp³-hybridized carbons (Fsp3) is 0.438. The number of aryl methyl sites for hydroxylation is 2. The Bertz CT molecular complexity index is 587. The Kier molecular flexibility index (Phi) is 4.85. The summed E-state index contributed by atoms with van der Waals surface area (Å²) in [5.41, 5.74) is 4.60. The third kappa shape index (κ3) is 3.55. The van der Waals surface area contributed by atoms with Gasteiger partial charge in [-0.25, -0.2) is 4.68 Å². The molecule has 0 bridgehead atoms. The molecule has 0 atom stereocenters. The molecule has 114 valence electrons. The Morgan fingerprint density at radius 3 is 2.43 bits per heavy atom. The number of anilines is 1. The summed E-state index contributed by atoms with van der Waals surface area (Å²) in [6, 6.07) is 8.56. The second-order valence-corrected chi connectivity index (χ2v) is 5.36. The Balaban J connectivity index is 1.95. The van der Waals surface area contributed by atoms with E-state index in [0.29, 0.717) is 0 Å². The van der Waals surface area contributed by atoms with Gasteiger partial charge in [-0.3, -0.25) is 0 Å². The van der Waals surface area contributed by atoms with Crippen LogP contribution in [0.4, 0.5) is 5.69 Å². The number of benzene rings is 1. The van der Waals surface area contributed by atoms with Crippen molar-refractivity contribution in [3.05, 3.63) is 41.1 Å². The Morgan fingerprint density at radius 2 is 1.86 bits per heavy atom. The molecule has 0 spiro atoms. The summed E-state index contributed by atoms with van der Waals surface area (Å²) in [5, 5.41) is 7.83. The number of methoxy groups -OCH3 is 1. The van der Waals surface area contributed by atoms with Crippen LogP contribution in [0.1, 0.15) is 16.8 Å². The second kappa shape index (κ2) is 6.63. The number of rotatable bonds is 6. The van der Waals surface area contributed by atoms with Crippen LogP contribution in [-0.2, 0) is 20.1 Å². The van der Waals surface area contributed by atoms with Gasteiger partial charge >= 0.3 is 0 Å². The first-order chi connectivity index (χ1) is 10.0. The molecule has 0 radical (unpaired) electrons. The molecular weight excluding hydrogens is 264 g/mol. The van der Waals surface area contributed by atoms with E-state index >= 15 is 0 Å². The number of aromatic nitrogens is 2. The zero-order valence-electron chi connectivity index (χ0n) is 13.5. The highest BCUT2D eigenvalue weighted by Crippen LogP contribution is 2.20. The average Bonchev–Trinajstić information content (AvgIpc) is 2.73. The van der Waals surface area contributed by atoms with Crippen molar-refractivity contribution in [2.75, 3.05) is 26.1 Å². The van der Waals surface area contributed by atoms with E-state index < -0.39 is 0 Å². The van der Waals surface area contributed by atoms with E-state index in [1.54, 1.807) is 11.8 Å². The summed E-state index contributed by atoms with van der Waals surface area (Å²) in [7, 11) is 7.67. The van der Waals surface area contributed by atoms with Gasteiger partial charge in [0.1, 0.15) is 0 Å². The molecule has 0 aliphatic heterocycles. The zero-order chi connectivity index (χ0) is 15.4. The molecule has 0 aliphatic carbocycles. The lowest BCUT2D eigenvalue weighted by Gasteiger charge is -2.13. The van der Waals surface area contributed by atoms with Crippen LogP contribution in [0, 0.1) is 6.92 Å². The van der Waals surface area contributed by atoms with Crippen LogP contribution in [-0.4, -0.2) is 31.0 Å². The van der Waals surface area contributed by atoms with Gasteiger partial charge in [-0.15, -0.1) is 0 Å². The summed E-state index contributed by atoms with van der Waals surface area (Å²) in [6.45, 7) is 3.58. The molecule has 5 heteroatoms. The van der Waals surface area contributed by atoms with Gasteiger partial charge in [0.05, 0.1) is 18.4 Å². The zero-order valence-corrected chi connectivity index (χ0v) is 13.5. The van der Waals surface area contributed by atoms with Crippen molar-refractivity contribution >= 4 is 5.69 Å². The van der Waals surface area contributed by atoms with Gasteiger partial charge in [-0.05, 0) is 24.6 Å². The predicted molar refractivity (Wildman–Crippen MR) is 85.8 cm³/mol. The molecule has 0 amide bonds. The molecule has 1 heterocycles. The van der Waals surface area contributed by atoms with Crippen molar-refractivity contribution in [1.82, 2.24) is 15.1 Å². The van der Waals surface area contributed by atoms with Gasteiger partial charge in [0, 0.05) is 39.9 Å². The normalized spacial score (nSPS) is 10.7. The Hall–Kier alpha value is -2.01. The summed E-state index contributed by atoms with van der Waals surface area (Å²) in [5.74, 6) is 0.822. The van der Waals surface area contributed by atoms with Crippen molar-refractivity contribution < 1.29 is 4.74 Å². The molecule has 0 saturated heterocycles. The van der Waals surface area contributed by atoms with Crippen molar-refractivity contribution in [2.45, 2.75) is 20.0 Å². The molecule has 2 aromatic rings. The van der Waals surface area contributed by atoms with Crippen molar-refractivity contribution in [3.8, 4) is 5.88 Å². The minimum absolute atomic E-state index is 0.748. The SMILES string of the molecule is COc1c(CNCc2ccc(N(C)C)cc2)c(C)nn1C. The summed E-state index contributed by atoms with van der Waals surface area (Å²) < 4.78 is 7.17. The van der Waals surface area contributed by atoms with Crippen molar-refractivity contribution in [2.24, 2.45) is 7.05 Å². The first-order valence-corrected chi connectivity index (χ1v) is 7.06. The van der Waals surface area contributed by atoms with Crippen molar-refractivity contribution in [1.29, 1.82) is 0 Å². The average molecular weight is 288 g/mol. The fourth-order valence-electron chi connectivity index (χ4n) is 2.38. The summed E-state index contributed by atoms with van der Waals surface area (Å²) in [4.78, 5) is 2.10. The minimum Gasteiger partial charge on any atom is -0.481 e. The molecule has 2 rings (SSSR count). The van der Waals surface area contributed by atoms with E-state index in [1.165, 1.54) is 11.3 Å². The smallest absolute Gasteiger partial charge is 0.216 e. The van der Waals surface area contributed by atoms with Crippen LogP contribution in [0.5, 0.6) is 5.88 Å². The van der Waals surface area contributed by atoms with E-state index in [4.69, 9.17) is 4.74 Å². The van der Waals surface area contributed by atoms with Crippen LogP contribution in [0.25, 0.3) is 0 Å². The van der Waals surface area contributed by atoms with Gasteiger partial charge in [0.25, 0.3) is 0 Å². The number of nitrogens with zero attached hydrogens (tertiary/aromatic N) is 3. The maximum Gasteiger partial charge on any atom is 0.216 e. The quantitative estimate of drug-likeness (QED) is 0.884. The van der Waals surface area contributed by atoms with Gasteiger partial charge < -0.3 is 15.0 Å². The largest absolute Gasteiger partial charge is 0.481 e. The van der Waals surface area contributed by atoms with Gasteiger partial charge in [-0.1, -0.05) is 12.1 Å². The molecule has 0 unspecified atom stereocenters. The molecule has 1 aromatic heterocycles. The number of nitrogens with one attached hydrogen (secondary N) is 1. The summed E-state index contributed by atoms with van der Waals surface area (Å²) >= 11 is 0. The summed E-state index contributed by atoms with van der Waals surface area (Å²) in [6.07, 6.45) is 0. The highest BCUT2D eigenvalue weighted by molar-refractivity contribution is 5.46. The molecule has 21 heavy (non-hydrogen) atoms. The van der Waals surface area contributed by atoms with Crippen LogP contribution in [0.15, 0.2) is 24.3 Å². The fourth-order valence-corrected chi connectivity index (χ4v) is 2.38. The van der Waals surface area contributed by atoms with E-state index in [0.717, 1.165) is 30.2 Å². The number of ether oxygens (including phenoxy) is 1. The van der Waals surface area contributed by atoms with Crippen LogP contribution < -0.4 is 15.0 Å². The lowest BCUT2D eigenvalue weighted by Crippen LogP contribution is -2.14. The standard InChI is InChI=1S/C16H24N4O/c1-12-15(16(21-5)20(4)18-12)11-17-10-13-6-8-14(9-7-13)19(2)3/h6-9,17H,10-11H2,1-5H3. The molecular formula is C16H24N4O. The molecule has 0 fully saturated rings. The highest BCUT2D eigenvalue weighted by atomic mass is 16.5. The molecule has 0 saturated carbocycles. The third-order valence-corrected chi connectivity index (χ3v) is 3.57. The number of hydrogen-bond acceptors (Lipinski definition) is 4. The van der Waals surface area contributed by atoms with Gasteiger partial charge in [0.15, 0.2) is 0 Å². The molecule has 5 nitrogen and oxygen atoms in total. The van der Waals surface area contributed by atoms with E-state index in [-0.39, 0.29) is 0 Å². The monoisotopic (exact) mass is 288 g/mol. The van der Waals surface area contributed by atoms with Crippen LogP contribution in [0.3, 0.4) is 0 Å². The molecule has 0 aliphatic rings. The van der Waals surface area contributed by atoms with Gasteiger partial charge in [0.2, 0.25) is 5.88 Å². The lowest BCUT2D eigenvalue weighted by molar-refractivity contribution is 0.368. The molecule has 1 N–H and O–H groups in total. The van der Waals surface area contributed by atoms with Crippen LogP contribution >= 0.6 is 0 Å². The van der Waals surface area contributed by atoms with E-state index in [1.807, 2.05) is 28.1 Å². The third-order valence-electron chi connectivity index (χ3n) is 3.57. The molecule has 1 aromatic carbocycles. The van der Waals surface area contributed by atoms with Crippen LogP contribution in [0.2, 0.25) is 0 Å². The predicted octanol–water partition coefficient (Wildman–Crippen LogP) is 2.09. The van der Waals surface area contributed by atoms with E-state index in [9.17, 15) is 0 Å². The second-order valence-electron chi connectivity index (χ2n) is 5.36. The Morgan fingerprint density at radius 1 is 1.19 bits per heavy atom. The lowest BCUT2D eigenvalue weighted by atomic mass is 10.2. The highest BCUT2D eigenvalue weighted by Gasteiger charge is 2.12. The first-order valence-electron chi connectivity index (χ1n) is 7.06. The minimum atomic E-state index is 0.748. The first kappa shape index (κ1) is 15.4. The Labute approximate surface area is 126 Å². The maximum atomic E-state index is 5.40. The number of hydrogen-bond donors (Lipinski definition) is 1. The van der Waals surface area contributed by atoms with E-state index in [2.05, 4.69) is 39.6 Å². The topological polar surface area (TPSA) is 42.3 Å². The van der Waals surface area contributed by atoms with Gasteiger partial charge in [-0.2, -0.15) is 5.10 Å². The maximum absolute atomic E-state index is 5.40. The van der Waals surface area contributed by atoms with Crippen molar-refractivity contribution in [3.63, 3.8) is 0 Å².